The Morgan fingerprint density at radius 1 is 1.23 bits per heavy atom. The largest absolute Gasteiger partial charge is 0.348 e. The van der Waals surface area contributed by atoms with Crippen molar-refractivity contribution in [1.82, 2.24) is 4.90 Å². The summed E-state index contributed by atoms with van der Waals surface area (Å²) in [6.07, 6.45) is 1.84. The first-order chi connectivity index (χ1) is 10.6. The summed E-state index contributed by atoms with van der Waals surface area (Å²) in [7, 11) is 0. The molecule has 2 N–H and O–H groups in total. The molecule has 1 aromatic rings. The number of carbonyl (C=O) groups is 1. The molecule has 0 atom stereocenters. The molecule has 0 bridgehead atoms. The van der Waals surface area contributed by atoms with Gasteiger partial charge in [0.1, 0.15) is 0 Å². The van der Waals surface area contributed by atoms with Gasteiger partial charge in [-0.15, -0.1) is 0 Å². The van der Waals surface area contributed by atoms with Crippen molar-refractivity contribution in [2.45, 2.75) is 32.1 Å². The molecule has 3 rings (SSSR count). The molecule has 0 aliphatic carbocycles. The van der Waals surface area contributed by atoms with E-state index in [2.05, 4.69) is 0 Å². The minimum absolute atomic E-state index is 0.0976. The van der Waals surface area contributed by atoms with E-state index in [9.17, 15) is 4.79 Å². The number of likely N-dealkylation sites (tertiary alicyclic amines) is 1. The number of carbonyl (C=O) groups excluding carboxylic acids is 1. The molecule has 2 aliphatic heterocycles. The van der Waals surface area contributed by atoms with E-state index in [0.717, 1.165) is 37.1 Å². The molecule has 2 fully saturated rings. The third kappa shape index (κ3) is 3.02. The highest BCUT2D eigenvalue weighted by molar-refractivity contribution is 5.94. The lowest BCUT2D eigenvalue weighted by atomic mass is 9.89. The van der Waals surface area contributed by atoms with Gasteiger partial charge >= 0.3 is 0 Å². The predicted octanol–water partition coefficient (Wildman–Crippen LogP) is 1.76. The molecule has 2 aliphatic rings. The van der Waals surface area contributed by atoms with E-state index in [0.29, 0.717) is 25.7 Å². The molecule has 0 spiro atoms. The fourth-order valence-corrected chi connectivity index (χ4v) is 3.34. The van der Waals surface area contributed by atoms with Crippen molar-refractivity contribution in [2.75, 3.05) is 26.3 Å². The van der Waals surface area contributed by atoms with E-state index in [1.54, 1.807) is 0 Å². The number of rotatable bonds is 3. The summed E-state index contributed by atoms with van der Waals surface area (Å²) in [5.74, 6) is -0.00291. The minimum atomic E-state index is -0.460. The molecular weight excluding hydrogens is 280 g/mol. The van der Waals surface area contributed by atoms with Crippen LogP contribution >= 0.6 is 0 Å². The number of hydrogen-bond donors (Lipinski definition) is 1. The third-order valence-electron chi connectivity index (χ3n) is 4.82. The number of nitrogens with zero attached hydrogens (tertiary/aromatic N) is 1. The van der Waals surface area contributed by atoms with Crippen LogP contribution in [0.2, 0.25) is 0 Å². The van der Waals surface area contributed by atoms with Gasteiger partial charge in [-0.05, 0) is 37.5 Å². The SMILES string of the molecule is CC1(C2CCN(C(=O)c3ccc(CN)cc3)CC2)OCCO1. The van der Waals surface area contributed by atoms with Gasteiger partial charge in [0, 0.05) is 31.1 Å². The topological polar surface area (TPSA) is 64.8 Å². The molecule has 22 heavy (non-hydrogen) atoms. The van der Waals surface area contributed by atoms with E-state index in [4.69, 9.17) is 15.2 Å². The van der Waals surface area contributed by atoms with Crippen LogP contribution in [0, 0.1) is 5.92 Å². The number of piperidine rings is 1. The van der Waals surface area contributed by atoms with Crippen LogP contribution in [0.1, 0.15) is 35.7 Å². The van der Waals surface area contributed by atoms with Crippen LogP contribution in [-0.4, -0.2) is 42.9 Å². The van der Waals surface area contributed by atoms with Crippen LogP contribution in [0.3, 0.4) is 0 Å². The Labute approximate surface area is 131 Å². The van der Waals surface area contributed by atoms with Crippen molar-refractivity contribution < 1.29 is 14.3 Å². The second kappa shape index (κ2) is 6.36. The number of nitrogens with two attached hydrogens (primary N) is 1. The number of ether oxygens (including phenoxy) is 2. The molecule has 1 aromatic carbocycles. The van der Waals surface area contributed by atoms with E-state index in [1.165, 1.54) is 0 Å². The second-order valence-corrected chi connectivity index (χ2v) is 6.18. The van der Waals surface area contributed by atoms with Crippen molar-refractivity contribution in [3.05, 3.63) is 35.4 Å². The van der Waals surface area contributed by atoms with Gasteiger partial charge in [0.15, 0.2) is 5.79 Å². The fraction of sp³-hybridized carbons (Fsp3) is 0.588. The molecule has 5 heteroatoms. The quantitative estimate of drug-likeness (QED) is 0.924. The van der Waals surface area contributed by atoms with E-state index in [1.807, 2.05) is 36.1 Å². The zero-order valence-electron chi connectivity index (χ0n) is 13.1. The first-order valence-corrected chi connectivity index (χ1v) is 7.98. The molecule has 120 valence electrons. The maximum atomic E-state index is 12.5. The van der Waals surface area contributed by atoms with Gasteiger partial charge in [-0.25, -0.2) is 0 Å². The van der Waals surface area contributed by atoms with Crippen molar-refractivity contribution in [3.63, 3.8) is 0 Å². The molecule has 0 unspecified atom stereocenters. The van der Waals surface area contributed by atoms with Crippen molar-refractivity contribution in [1.29, 1.82) is 0 Å². The Morgan fingerprint density at radius 2 is 1.82 bits per heavy atom. The molecule has 0 radical (unpaired) electrons. The molecular formula is C17H24N2O3. The summed E-state index contributed by atoms with van der Waals surface area (Å²) in [5, 5.41) is 0. The average molecular weight is 304 g/mol. The molecule has 1 amide bonds. The van der Waals surface area contributed by atoms with E-state index in [-0.39, 0.29) is 5.91 Å². The Kier molecular flexibility index (Phi) is 4.47. The summed E-state index contributed by atoms with van der Waals surface area (Å²) < 4.78 is 11.5. The van der Waals surface area contributed by atoms with Gasteiger partial charge in [-0.1, -0.05) is 12.1 Å². The van der Waals surface area contributed by atoms with Crippen LogP contribution in [0.5, 0.6) is 0 Å². The number of hydrogen-bond acceptors (Lipinski definition) is 4. The minimum Gasteiger partial charge on any atom is -0.348 e. The summed E-state index contributed by atoms with van der Waals surface area (Å²) in [5.41, 5.74) is 7.36. The Bertz CT molecular complexity index is 515. The lowest BCUT2D eigenvalue weighted by molar-refractivity contribution is -0.189. The van der Waals surface area contributed by atoms with Gasteiger partial charge < -0.3 is 20.1 Å². The van der Waals surface area contributed by atoms with Gasteiger partial charge in [0.2, 0.25) is 0 Å². The smallest absolute Gasteiger partial charge is 0.253 e. The summed E-state index contributed by atoms with van der Waals surface area (Å²) in [6.45, 7) is 5.37. The van der Waals surface area contributed by atoms with Gasteiger partial charge in [-0.3, -0.25) is 4.79 Å². The van der Waals surface area contributed by atoms with Crippen LogP contribution in [-0.2, 0) is 16.0 Å². The molecule has 0 saturated carbocycles. The summed E-state index contributed by atoms with van der Waals surface area (Å²) >= 11 is 0. The van der Waals surface area contributed by atoms with Crippen LogP contribution in [0.4, 0.5) is 0 Å². The van der Waals surface area contributed by atoms with Gasteiger partial charge in [-0.2, -0.15) is 0 Å². The average Bonchev–Trinajstić information content (AvgIpc) is 3.02. The predicted molar refractivity (Wildman–Crippen MR) is 83.3 cm³/mol. The highest BCUT2D eigenvalue weighted by Crippen LogP contribution is 2.35. The van der Waals surface area contributed by atoms with Crippen LogP contribution in [0.25, 0.3) is 0 Å². The lowest BCUT2D eigenvalue weighted by Crippen LogP contribution is -2.46. The fourth-order valence-electron chi connectivity index (χ4n) is 3.34. The van der Waals surface area contributed by atoms with Crippen molar-refractivity contribution in [2.24, 2.45) is 11.7 Å². The highest BCUT2D eigenvalue weighted by atomic mass is 16.7. The Balaban J connectivity index is 1.59. The van der Waals surface area contributed by atoms with Crippen molar-refractivity contribution in [3.8, 4) is 0 Å². The standard InChI is InChI=1S/C17H24N2O3/c1-17(21-10-11-22-17)15-6-8-19(9-7-15)16(20)14-4-2-13(12-18)3-5-14/h2-5,15H,6-12,18H2,1H3. The molecule has 2 heterocycles. The zero-order valence-corrected chi connectivity index (χ0v) is 13.1. The van der Waals surface area contributed by atoms with Gasteiger partial charge in [0.05, 0.1) is 13.2 Å². The summed E-state index contributed by atoms with van der Waals surface area (Å²) in [6, 6.07) is 7.56. The summed E-state index contributed by atoms with van der Waals surface area (Å²) in [4.78, 5) is 14.5. The molecule has 5 nitrogen and oxygen atoms in total. The Hall–Kier alpha value is -1.43. The second-order valence-electron chi connectivity index (χ2n) is 6.18. The third-order valence-corrected chi connectivity index (χ3v) is 4.82. The first kappa shape index (κ1) is 15.5. The maximum absolute atomic E-state index is 12.5. The van der Waals surface area contributed by atoms with Crippen LogP contribution < -0.4 is 5.73 Å². The maximum Gasteiger partial charge on any atom is 0.253 e. The Morgan fingerprint density at radius 3 is 2.36 bits per heavy atom. The zero-order chi connectivity index (χ0) is 15.6. The number of amides is 1. The van der Waals surface area contributed by atoms with E-state index >= 15 is 0 Å². The molecule has 2 saturated heterocycles. The normalized spacial score (nSPS) is 22.0. The van der Waals surface area contributed by atoms with E-state index < -0.39 is 5.79 Å². The van der Waals surface area contributed by atoms with Gasteiger partial charge in [0.25, 0.3) is 5.91 Å². The lowest BCUT2D eigenvalue weighted by Gasteiger charge is -2.39. The molecule has 0 aromatic heterocycles. The highest BCUT2D eigenvalue weighted by Gasteiger charge is 2.41. The van der Waals surface area contributed by atoms with Crippen molar-refractivity contribution >= 4 is 5.91 Å². The first-order valence-electron chi connectivity index (χ1n) is 7.98. The van der Waals surface area contributed by atoms with Crippen LogP contribution in [0.15, 0.2) is 24.3 Å². The number of benzene rings is 1. The monoisotopic (exact) mass is 304 g/mol.